The molecule has 2 unspecified atom stereocenters. The van der Waals surface area contributed by atoms with E-state index in [1.807, 2.05) is 42.5 Å². The predicted molar refractivity (Wildman–Crippen MR) is 81.7 cm³/mol. The van der Waals surface area contributed by atoms with E-state index in [-0.39, 0.29) is 23.7 Å². The quantitative estimate of drug-likeness (QED) is 0.844. The molecule has 0 bridgehead atoms. The highest BCUT2D eigenvalue weighted by Crippen LogP contribution is 2.41. The van der Waals surface area contributed by atoms with Crippen LogP contribution < -0.4 is 5.32 Å². The molecule has 1 saturated heterocycles. The van der Waals surface area contributed by atoms with E-state index >= 15 is 0 Å². The number of carbonyl (C=O) groups is 2. The van der Waals surface area contributed by atoms with Crippen LogP contribution in [0.3, 0.4) is 0 Å². The molecule has 2 atom stereocenters. The van der Waals surface area contributed by atoms with Gasteiger partial charge < -0.3 is 0 Å². The Bertz CT molecular complexity index is 653. The molecule has 1 aliphatic heterocycles. The second kappa shape index (κ2) is 5.50. The number of halogens is 1. The summed E-state index contributed by atoms with van der Waals surface area (Å²) in [5, 5.41) is 2.45. The lowest BCUT2D eigenvalue weighted by molar-refractivity contribution is -0.135. The highest BCUT2D eigenvalue weighted by Gasteiger charge is 2.38. The average molecular weight is 350 g/mol. The molecule has 2 aromatic rings. The Morgan fingerprint density at radius 1 is 1.10 bits per heavy atom. The van der Waals surface area contributed by atoms with Crippen molar-refractivity contribution in [2.75, 3.05) is 0 Å². The van der Waals surface area contributed by atoms with Crippen LogP contribution in [0.1, 0.15) is 28.7 Å². The van der Waals surface area contributed by atoms with Gasteiger partial charge in [0.1, 0.15) is 0 Å². The maximum Gasteiger partial charge on any atom is 0.234 e. The first-order valence-corrected chi connectivity index (χ1v) is 7.90. The average Bonchev–Trinajstić information content (AvgIpc) is 2.85. The third kappa shape index (κ3) is 2.55. The van der Waals surface area contributed by atoms with Gasteiger partial charge in [0.05, 0.1) is 9.70 Å². The third-order valence-corrected chi connectivity index (χ3v) is 5.23. The predicted octanol–water partition coefficient (Wildman–Crippen LogP) is 3.42. The maximum absolute atomic E-state index is 12.3. The van der Waals surface area contributed by atoms with Gasteiger partial charge in [0.15, 0.2) is 0 Å². The van der Waals surface area contributed by atoms with Gasteiger partial charge in [-0.05, 0) is 33.6 Å². The summed E-state index contributed by atoms with van der Waals surface area (Å²) in [4.78, 5) is 25.0. The van der Waals surface area contributed by atoms with Crippen LogP contribution in [0, 0.1) is 0 Å². The van der Waals surface area contributed by atoms with E-state index in [4.69, 9.17) is 0 Å². The van der Waals surface area contributed by atoms with Gasteiger partial charge in [0, 0.05) is 17.2 Å². The number of hydrogen-bond donors (Lipinski definition) is 1. The maximum atomic E-state index is 12.3. The molecular weight excluding hydrogens is 338 g/mol. The molecule has 2 amide bonds. The van der Waals surface area contributed by atoms with E-state index in [1.165, 1.54) is 0 Å². The lowest BCUT2D eigenvalue weighted by atomic mass is 9.80. The number of benzene rings is 1. The molecule has 3 nitrogen and oxygen atoms in total. The Morgan fingerprint density at radius 3 is 2.50 bits per heavy atom. The van der Waals surface area contributed by atoms with Gasteiger partial charge in [0.2, 0.25) is 11.8 Å². The van der Waals surface area contributed by atoms with E-state index in [0.717, 1.165) is 14.2 Å². The SMILES string of the molecule is O=C1CC(c2ccc(Br)s2)C(c2ccccc2)C(=O)N1. The Labute approximate surface area is 129 Å². The first-order chi connectivity index (χ1) is 9.65. The van der Waals surface area contributed by atoms with Crippen LogP contribution in [0.2, 0.25) is 0 Å². The number of thiophene rings is 1. The Balaban J connectivity index is 2.03. The van der Waals surface area contributed by atoms with Crippen LogP contribution in [-0.4, -0.2) is 11.8 Å². The molecular formula is C15H12BrNO2S. The number of imide groups is 1. The zero-order valence-corrected chi connectivity index (χ0v) is 12.9. The second-order valence-electron chi connectivity index (χ2n) is 4.75. The summed E-state index contributed by atoms with van der Waals surface area (Å²) in [6, 6.07) is 13.6. The minimum Gasteiger partial charge on any atom is -0.296 e. The van der Waals surface area contributed by atoms with Crippen molar-refractivity contribution in [3.63, 3.8) is 0 Å². The molecule has 0 saturated carbocycles. The van der Waals surface area contributed by atoms with Crippen LogP contribution in [0.25, 0.3) is 0 Å². The summed E-state index contributed by atoms with van der Waals surface area (Å²) < 4.78 is 1.01. The summed E-state index contributed by atoms with van der Waals surface area (Å²) in [6.45, 7) is 0. The molecule has 2 heterocycles. The molecule has 102 valence electrons. The van der Waals surface area contributed by atoms with Gasteiger partial charge in [-0.3, -0.25) is 14.9 Å². The molecule has 0 aliphatic carbocycles. The Hall–Kier alpha value is -1.46. The van der Waals surface area contributed by atoms with Crippen molar-refractivity contribution in [1.82, 2.24) is 5.32 Å². The standard InChI is InChI=1S/C15H12BrNO2S/c16-12-7-6-11(20-12)10-8-13(18)17-15(19)14(10)9-4-2-1-3-5-9/h1-7,10,14H,8H2,(H,17,18,19). The van der Waals surface area contributed by atoms with Crippen molar-refractivity contribution < 1.29 is 9.59 Å². The van der Waals surface area contributed by atoms with Crippen LogP contribution in [-0.2, 0) is 9.59 Å². The fraction of sp³-hybridized carbons (Fsp3) is 0.200. The Morgan fingerprint density at radius 2 is 1.85 bits per heavy atom. The van der Waals surface area contributed by atoms with Crippen LogP contribution in [0.15, 0.2) is 46.3 Å². The van der Waals surface area contributed by atoms with Crippen molar-refractivity contribution in [2.45, 2.75) is 18.3 Å². The summed E-state index contributed by atoms with van der Waals surface area (Å²) in [6.07, 6.45) is 0.345. The van der Waals surface area contributed by atoms with Gasteiger partial charge in [-0.15, -0.1) is 11.3 Å². The summed E-state index contributed by atoms with van der Waals surface area (Å²) in [5.41, 5.74) is 0.951. The number of rotatable bonds is 2. The fourth-order valence-corrected chi connectivity index (χ4v) is 4.16. The molecule has 20 heavy (non-hydrogen) atoms. The van der Waals surface area contributed by atoms with Crippen molar-refractivity contribution in [3.05, 3.63) is 56.7 Å². The van der Waals surface area contributed by atoms with Gasteiger partial charge in [-0.1, -0.05) is 30.3 Å². The lowest BCUT2D eigenvalue weighted by Crippen LogP contribution is -2.43. The molecule has 0 radical (unpaired) electrons. The molecule has 1 aromatic heterocycles. The number of nitrogens with one attached hydrogen (secondary N) is 1. The highest BCUT2D eigenvalue weighted by molar-refractivity contribution is 9.11. The molecule has 1 aliphatic rings. The lowest BCUT2D eigenvalue weighted by Gasteiger charge is -2.29. The molecule has 1 aromatic carbocycles. The van der Waals surface area contributed by atoms with Crippen LogP contribution in [0.5, 0.6) is 0 Å². The second-order valence-corrected chi connectivity index (χ2v) is 7.25. The van der Waals surface area contributed by atoms with Gasteiger partial charge in [0.25, 0.3) is 0 Å². The van der Waals surface area contributed by atoms with Crippen LogP contribution in [0.4, 0.5) is 0 Å². The number of amides is 2. The molecule has 1 fully saturated rings. The summed E-state index contributed by atoms with van der Waals surface area (Å²) >= 11 is 5.02. The van der Waals surface area contributed by atoms with Crippen molar-refractivity contribution >= 4 is 39.1 Å². The monoisotopic (exact) mass is 349 g/mol. The van der Waals surface area contributed by atoms with Crippen molar-refractivity contribution in [3.8, 4) is 0 Å². The number of piperidine rings is 1. The number of carbonyl (C=O) groups excluding carboxylic acids is 2. The minimum absolute atomic E-state index is 0.0880. The first-order valence-electron chi connectivity index (χ1n) is 6.29. The van der Waals surface area contributed by atoms with Gasteiger partial charge in [-0.25, -0.2) is 0 Å². The van der Waals surface area contributed by atoms with Crippen LogP contribution >= 0.6 is 27.3 Å². The van der Waals surface area contributed by atoms with E-state index in [1.54, 1.807) is 11.3 Å². The summed E-state index contributed by atoms with van der Waals surface area (Å²) in [5.74, 6) is -0.798. The van der Waals surface area contributed by atoms with E-state index < -0.39 is 0 Å². The molecule has 0 spiro atoms. The smallest absolute Gasteiger partial charge is 0.234 e. The number of hydrogen-bond acceptors (Lipinski definition) is 3. The van der Waals surface area contributed by atoms with E-state index in [0.29, 0.717) is 6.42 Å². The highest BCUT2D eigenvalue weighted by atomic mass is 79.9. The van der Waals surface area contributed by atoms with E-state index in [9.17, 15) is 9.59 Å². The fourth-order valence-electron chi connectivity index (χ4n) is 2.60. The molecule has 3 rings (SSSR count). The Kier molecular flexibility index (Phi) is 3.72. The van der Waals surface area contributed by atoms with Gasteiger partial charge >= 0.3 is 0 Å². The van der Waals surface area contributed by atoms with Crippen molar-refractivity contribution in [2.24, 2.45) is 0 Å². The first kappa shape index (κ1) is 13.5. The largest absolute Gasteiger partial charge is 0.296 e. The van der Waals surface area contributed by atoms with Crippen molar-refractivity contribution in [1.29, 1.82) is 0 Å². The molecule has 1 N–H and O–H groups in total. The minimum atomic E-state index is -0.306. The third-order valence-electron chi connectivity index (χ3n) is 3.47. The zero-order valence-electron chi connectivity index (χ0n) is 10.5. The van der Waals surface area contributed by atoms with Gasteiger partial charge in [-0.2, -0.15) is 0 Å². The van der Waals surface area contributed by atoms with E-state index in [2.05, 4.69) is 21.2 Å². The normalized spacial score (nSPS) is 22.6. The molecule has 5 heteroatoms. The topological polar surface area (TPSA) is 46.2 Å². The summed E-state index contributed by atoms with van der Waals surface area (Å²) in [7, 11) is 0. The zero-order chi connectivity index (χ0) is 14.1.